The van der Waals surface area contributed by atoms with Gasteiger partial charge in [-0.25, -0.2) is 0 Å². The van der Waals surface area contributed by atoms with E-state index in [1.807, 2.05) is 0 Å². The van der Waals surface area contributed by atoms with E-state index < -0.39 is 0 Å². The van der Waals surface area contributed by atoms with E-state index in [0.717, 1.165) is 37.9 Å². The lowest BCUT2D eigenvalue weighted by molar-refractivity contribution is -0.116. The zero-order chi connectivity index (χ0) is 21.4. The lowest BCUT2D eigenvalue weighted by Crippen LogP contribution is -2.25. The van der Waals surface area contributed by atoms with Crippen molar-refractivity contribution in [3.63, 3.8) is 0 Å². The summed E-state index contributed by atoms with van der Waals surface area (Å²) in [5, 5.41) is 0. The van der Waals surface area contributed by atoms with E-state index in [-0.39, 0.29) is 5.41 Å². The van der Waals surface area contributed by atoms with Crippen LogP contribution in [0, 0.1) is 5.41 Å². The Bertz CT molecular complexity index is 465. The number of carbonyl (C=O) groups is 1. The summed E-state index contributed by atoms with van der Waals surface area (Å²) in [5.74, 6) is 0.385. The molecule has 0 saturated carbocycles. The van der Waals surface area contributed by atoms with E-state index in [9.17, 15) is 4.79 Å². The summed E-state index contributed by atoms with van der Waals surface area (Å²) in [5.41, 5.74) is 2.74. The fraction of sp³-hybridized carbons (Fsp3) is 0.885. The van der Waals surface area contributed by atoms with Crippen molar-refractivity contribution in [3.8, 4) is 0 Å². The predicted octanol–water partition coefficient (Wildman–Crippen LogP) is 7.77. The molecule has 170 valence electrons. The summed E-state index contributed by atoms with van der Waals surface area (Å²) >= 11 is 0. The molecule has 0 aromatic heterocycles. The van der Waals surface area contributed by atoms with Gasteiger partial charge in [0.15, 0.2) is 5.78 Å². The Labute approximate surface area is 181 Å². The van der Waals surface area contributed by atoms with Crippen LogP contribution in [0.15, 0.2) is 11.1 Å². The summed E-state index contributed by atoms with van der Waals surface area (Å²) in [6.07, 6.45) is 20.3. The Hall–Kier alpha value is -0.670. The van der Waals surface area contributed by atoms with Crippen molar-refractivity contribution in [1.82, 2.24) is 0 Å². The third kappa shape index (κ3) is 11.9. The minimum atomic E-state index is 0.232. The first-order valence-corrected chi connectivity index (χ1v) is 12.3. The van der Waals surface area contributed by atoms with E-state index in [1.54, 1.807) is 7.11 Å². The Balaban J connectivity index is 1.88. The number of unbranched alkanes of at least 4 members (excludes halogenated alkanes) is 12. The van der Waals surface area contributed by atoms with Gasteiger partial charge < -0.3 is 9.47 Å². The minimum absolute atomic E-state index is 0.232. The summed E-state index contributed by atoms with van der Waals surface area (Å²) in [7, 11) is 1.67. The van der Waals surface area contributed by atoms with Gasteiger partial charge in [0.05, 0.1) is 0 Å². The van der Waals surface area contributed by atoms with Gasteiger partial charge in [-0.05, 0) is 43.6 Å². The highest BCUT2D eigenvalue weighted by Crippen LogP contribution is 2.41. The fourth-order valence-electron chi connectivity index (χ4n) is 4.56. The van der Waals surface area contributed by atoms with Crippen LogP contribution in [-0.4, -0.2) is 26.3 Å². The first kappa shape index (κ1) is 26.4. The highest BCUT2D eigenvalue weighted by atomic mass is 16.7. The molecule has 0 heterocycles. The van der Waals surface area contributed by atoms with Crippen molar-refractivity contribution in [1.29, 1.82) is 0 Å². The maximum atomic E-state index is 12.0. The number of Topliss-reactive ketones (excluding diaryl/α,β-unsaturated/α-hetero) is 1. The van der Waals surface area contributed by atoms with Gasteiger partial charge in [-0.1, -0.05) is 90.0 Å². The van der Waals surface area contributed by atoms with Crippen LogP contribution in [0.25, 0.3) is 0 Å². The zero-order valence-corrected chi connectivity index (χ0v) is 20.0. The maximum Gasteiger partial charge on any atom is 0.158 e. The molecule has 0 N–H and O–H groups in total. The van der Waals surface area contributed by atoms with Gasteiger partial charge in [0.25, 0.3) is 0 Å². The van der Waals surface area contributed by atoms with Crippen LogP contribution in [-0.2, 0) is 14.3 Å². The molecule has 3 nitrogen and oxygen atoms in total. The standard InChI is InChI=1S/C26H48O3/c1-23-24(26(2,3)20-19-25(23)27)18-16-14-12-10-8-6-5-7-9-11-13-15-17-21-29-22-28-4/h5-22H2,1-4H3. The number of rotatable bonds is 18. The Morgan fingerprint density at radius 3 is 1.79 bits per heavy atom. The molecular formula is C26H48O3. The summed E-state index contributed by atoms with van der Waals surface area (Å²) in [6, 6.07) is 0. The third-order valence-electron chi connectivity index (χ3n) is 6.58. The number of ketones is 1. The van der Waals surface area contributed by atoms with Gasteiger partial charge in [0.2, 0.25) is 0 Å². The van der Waals surface area contributed by atoms with Crippen molar-refractivity contribution in [2.24, 2.45) is 5.41 Å². The van der Waals surface area contributed by atoms with Crippen molar-refractivity contribution >= 4 is 5.78 Å². The molecule has 0 aromatic rings. The van der Waals surface area contributed by atoms with Crippen LogP contribution >= 0.6 is 0 Å². The number of ether oxygens (including phenoxy) is 2. The molecule has 1 aliphatic rings. The molecule has 0 spiro atoms. The molecular weight excluding hydrogens is 360 g/mol. The quantitative estimate of drug-likeness (QED) is 0.172. The van der Waals surface area contributed by atoms with Gasteiger partial charge in [0.1, 0.15) is 6.79 Å². The maximum absolute atomic E-state index is 12.0. The highest BCUT2D eigenvalue weighted by Gasteiger charge is 2.31. The van der Waals surface area contributed by atoms with Gasteiger partial charge in [-0.3, -0.25) is 4.79 Å². The number of methoxy groups -OCH3 is 1. The Morgan fingerprint density at radius 1 is 0.793 bits per heavy atom. The van der Waals surface area contributed by atoms with Crippen LogP contribution in [0.2, 0.25) is 0 Å². The molecule has 0 amide bonds. The predicted molar refractivity (Wildman–Crippen MR) is 123 cm³/mol. The van der Waals surface area contributed by atoms with Crippen LogP contribution < -0.4 is 0 Å². The lowest BCUT2D eigenvalue weighted by atomic mass is 9.70. The molecule has 0 saturated heterocycles. The summed E-state index contributed by atoms with van der Waals surface area (Å²) in [6.45, 7) is 7.94. The van der Waals surface area contributed by atoms with E-state index >= 15 is 0 Å². The first-order chi connectivity index (χ1) is 14.0. The molecule has 29 heavy (non-hydrogen) atoms. The van der Waals surface area contributed by atoms with E-state index in [0.29, 0.717) is 12.6 Å². The number of hydrogen-bond acceptors (Lipinski definition) is 3. The second-order valence-corrected chi connectivity index (χ2v) is 9.57. The van der Waals surface area contributed by atoms with Crippen LogP contribution in [0.1, 0.15) is 124 Å². The minimum Gasteiger partial charge on any atom is -0.359 e. The largest absolute Gasteiger partial charge is 0.359 e. The monoisotopic (exact) mass is 408 g/mol. The van der Waals surface area contributed by atoms with Crippen LogP contribution in [0.5, 0.6) is 0 Å². The van der Waals surface area contributed by atoms with Gasteiger partial charge in [-0.15, -0.1) is 0 Å². The fourth-order valence-corrected chi connectivity index (χ4v) is 4.56. The van der Waals surface area contributed by atoms with Crippen molar-refractivity contribution in [2.45, 2.75) is 124 Å². The topological polar surface area (TPSA) is 35.5 Å². The molecule has 0 bridgehead atoms. The molecule has 0 fully saturated rings. The first-order valence-electron chi connectivity index (χ1n) is 12.3. The van der Waals surface area contributed by atoms with Crippen molar-refractivity contribution in [3.05, 3.63) is 11.1 Å². The molecule has 0 radical (unpaired) electrons. The molecule has 1 rings (SSSR count). The van der Waals surface area contributed by atoms with Gasteiger partial charge >= 0.3 is 0 Å². The lowest BCUT2D eigenvalue weighted by Gasteiger charge is -2.34. The van der Waals surface area contributed by atoms with Crippen LogP contribution in [0.4, 0.5) is 0 Å². The second kappa shape index (κ2) is 16.1. The van der Waals surface area contributed by atoms with E-state index in [4.69, 9.17) is 9.47 Å². The SMILES string of the molecule is COCOCCCCCCCCCCCCCCCC1=C(C)C(=O)CCC1(C)C. The Kier molecular flexibility index (Phi) is 14.6. The van der Waals surface area contributed by atoms with E-state index in [2.05, 4.69) is 20.8 Å². The summed E-state index contributed by atoms with van der Waals surface area (Å²) in [4.78, 5) is 12.0. The van der Waals surface area contributed by atoms with Crippen LogP contribution in [0.3, 0.4) is 0 Å². The average molecular weight is 409 g/mol. The smallest absolute Gasteiger partial charge is 0.158 e. The van der Waals surface area contributed by atoms with Crippen molar-refractivity contribution in [2.75, 3.05) is 20.5 Å². The molecule has 1 aliphatic carbocycles. The second-order valence-electron chi connectivity index (χ2n) is 9.57. The van der Waals surface area contributed by atoms with Gasteiger partial charge in [0, 0.05) is 20.1 Å². The molecule has 0 aliphatic heterocycles. The molecule has 0 aromatic carbocycles. The zero-order valence-electron chi connectivity index (χ0n) is 20.0. The third-order valence-corrected chi connectivity index (χ3v) is 6.58. The number of carbonyl (C=O) groups excluding carboxylic acids is 1. The number of hydrogen-bond donors (Lipinski definition) is 0. The average Bonchev–Trinajstić information content (AvgIpc) is 2.69. The Morgan fingerprint density at radius 2 is 1.28 bits per heavy atom. The van der Waals surface area contributed by atoms with Crippen molar-refractivity contribution < 1.29 is 14.3 Å². The molecule has 3 heteroatoms. The highest BCUT2D eigenvalue weighted by molar-refractivity contribution is 5.96. The normalized spacial score (nSPS) is 16.6. The van der Waals surface area contributed by atoms with Gasteiger partial charge in [-0.2, -0.15) is 0 Å². The van der Waals surface area contributed by atoms with E-state index in [1.165, 1.54) is 82.6 Å². The number of allylic oxidation sites excluding steroid dienone is 2. The molecule has 0 unspecified atom stereocenters. The summed E-state index contributed by atoms with van der Waals surface area (Å²) < 4.78 is 10.2. The molecule has 0 atom stereocenters.